The largest absolute Gasteiger partial charge is 0.353 e. The second kappa shape index (κ2) is 7.56. The van der Waals surface area contributed by atoms with E-state index < -0.39 is 11.0 Å². The average Bonchev–Trinajstić information content (AvgIpc) is 2.38. The van der Waals surface area contributed by atoms with Crippen molar-refractivity contribution in [3.8, 4) is 0 Å². The number of hydrogen-bond donors (Lipinski definition) is 2. The Morgan fingerprint density at radius 3 is 2.40 bits per heavy atom. The van der Waals surface area contributed by atoms with Crippen molar-refractivity contribution in [2.45, 2.75) is 32.9 Å². The third kappa shape index (κ3) is 5.33. The van der Waals surface area contributed by atoms with Crippen molar-refractivity contribution >= 4 is 11.6 Å². The van der Waals surface area contributed by atoms with Crippen LogP contribution in [-0.2, 0) is 9.63 Å². The van der Waals surface area contributed by atoms with E-state index in [0.29, 0.717) is 0 Å². The second-order valence-electron chi connectivity index (χ2n) is 4.66. The summed E-state index contributed by atoms with van der Waals surface area (Å²) in [6.45, 7) is 5.55. The van der Waals surface area contributed by atoms with Crippen molar-refractivity contribution in [3.05, 3.63) is 39.9 Å². The number of nitrogens with zero attached hydrogens (tertiary/aromatic N) is 1. The van der Waals surface area contributed by atoms with Gasteiger partial charge < -0.3 is 5.32 Å². The molecule has 0 heterocycles. The molecule has 0 radical (unpaired) electrons. The van der Waals surface area contributed by atoms with Gasteiger partial charge in [0.25, 0.3) is 5.69 Å². The summed E-state index contributed by atoms with van der Waals surface area (Å²) in [5.74, 6) is -0.162. The van der Waals surface area contributed by atoms with Crippen LogP contribution < -0.4 is 10.8 Å². The van der Waals surface area contributed by atoms with Crippen LogP contribution in [-0.4, -0.2) is 23.4 Å². The Morgan fingerprint density at radius 2 is 1.95 bits per heavy atom. The Kier molecular flexibility index (Phi) is 6.08. The highest BCUT2D eigenvalue weighted by molar-refractivity contribution is 5.72. The summed E-state index contributed by atoms with van der Waals surface area (Å²) in [5, 5.41) is 13.3. The van der Waals surface area contributed by atoms with E-state index in [1.54, 1.807) is 12.1 Å². The predicted molar refractivity (Wildman–Crippen MR) is 73.9 cm³/mol. The van der Waals surface area contributed by atoms with Gasteiger partial charge in [-0.05, 0) is 31.5 Å². The fraction of sp³-hybridized carbons (Fsp3) is 0.462. The highest BCUT2D eigenvalue weighted by Gasteiger charge is 2.15. The molecule has 1 rings (SSSR count). The zero-order valence-electron chi connectivity index (χ0n) is 11.8. The van der Waals surface area contributed by atoms with E-state index in [0.717, 1.165) is 5.56 Å². The number of rotatable bonds is 7. The number of carbonyl (C=O) groups is 1. The number of amides is 1. The summed E-state index contributed by atoms with van der Waals surface area (Å²) in [4.78, 5) is 26.6. The standard InChI is InChI=1S/C13H19N3O4/c1-9(2)15-20-13(8-14-10(3)17)11-4-6-12(7-5-11)16(18)19/h4-7,9,13,15H,8H2,1-3H3,(H,14,17). The number of carbonyl (C=O) groups excluding carboxylic acids is 1. The zero-order valence-corrected chi connectivity index (χ0v) is 11.8. The first kappa shape index (κ1) is 16.1. The van der Waals surface area contributed by atoms with E-state index in [1.807, 2.05) is 13.8 Å². The van der Waals surface area contributed by atoms with Crippen LogP contribution in [0.15, 0.2) is 24.3 Å². The van der Waals surface area contributed by atoms with Crippen molar-refractivity contribution in [2.75, 3.05) is 6.54 Å². The molecule has 0 saturated carbocycles. The van der Waals surface area contributed by atoms with Gasteiger partial charge in [-0.1, -0.05) is 0 Å². The molecule has 1 aromatic carbocycles. The number of nitrogens with one attached hydrogen (secondary N) is 2. The van der Waals surface area contributed by atoms with Gasteiger partial charge in [-0.2, -0.15) is 5.48 Å². The highest BCUT2D eigenvalue weighted by Crippen LogP contribution is 2.19. The average molecular weight is 281 g/mol. The fourth-order valence-corrected chi connectivity index (χ4v) is 1.49. The quantitative estimate of drug-likeness (QED) is 0.586. The fourth-order valence-electron chi connectivity index (χ4n) is 1.49. The van der Waals surface area contributed by atoms with Crippen LogP contribution in [0.2, 0.25) is 0 Å². The van der Waals surface area contributed by atoms with Gasteiger partial charge in [0, 0.05) is 31.6 Å². The van der Waals surface area contributed by atoms with E-state index in [9.17, 15) is 14.9 Å². The summed E-state index contributed by atoms with van der Waals surface area (Å²) in [7, 11) is 0. The zero-order chi connectivity index (χ0) is 15.1. The van der Waals surface area contributed by atoms with Crippen molar-refractivity contribution in [1.29, 1.82) is 0 Å². The van der Waals surface area contributed by atoms with Crippen LogP contribution in [0.3, 0.4) is 0 Å². The highest BCUT2D eigenvalue weighted by atomic mass is 16.7. The van der Waals surface area contributed by atoms with Crippen LogP contribution >= 0.6 is 0 Å². The molecule has 7 heteroatoms. The molecule has 0 spiro atoms. The van der Waals surface area contributed by atoms with E-state index in [-0.39, 0.29) is 24.2 Å². The maximum absolute atomic E-state index is 11.0. The van der Waals surface area contributed by atoms with Gasteiger partial charge in [-0.15, -0.1) is 0 Å². The predicted octanol–water partition coefficient (Wildman–Crippen LogP) is 1.70. The number of benzene rings is 1. The molecule has 1 amide bonds. The lowest BCUT2D eigenvalue weighted by Gasteiger charge is -2.20. The summed E-state index contributed by atoms with van der Waals surface area (Å²) in [6, 6.07) is 6.18. The van der Waals surface area contributed by atoms with Gasteiger partial charge in [0.15, 0.2) is 0 Å². The molecular weight excluding hydrogens is 262 g/mol. The van der Waals surface area contributed by atoms with Gasteiger partial charge in [0.1, 0.15) is 6.10 Å². The topological polar surface area (TPSA) is 93.5 Å². The molecular formula is C13H19N3O4. The Balaban J connectivity index is 2.79. The van der Waals surface area contributed by atoms with Gasteiger partial charge in [0.2, 0.25) is 5.91 Å². The van der Waals surface area contributed by atoms with Crippen molar-refractivity contribution in [1.82, 2.24) is 10.8 Å². The van der Waals surface area contributed by atoms with Crippen LogP contribution in [0.4, 0.5) is 5.69 Å². The lowest BCUT2D eigenvalue weighted by atomic mass is 10.1. The summed E-state index contributed by atoms with van der Waals surface area (Å²) in [6.07, 6.45) is -0.415. The minimum absolute atomic E-state index is 0.0174. The normalized spacial score (nSPS) is 12.2. The first-order valence-electron chi connectivity index (χ1n) is 6.30. The minimum Gasteiger partial charge on any atom is -0.353 e. The van der Waals surface area contributed by atoms with Gasteiger partial charge in [-0.25, -0.2) is 0 Å². The lowest BCUT2D eigenvalue weighted by Crippen LogP contribution is -2.32. The Morgan fingerprint density at radius 1 is 1.35 bits per heavy atom. The van der Waals surface area contributed by atoms with Crippen molar-refractivity contribution in [2.24, 2.45) is 0 Å². The van der Waals surface area contributed by atoms with E-state index in [2.05, 4.69) is 10.8 Å². The Hall–Kier alpha value is -1.99. The number of nitro benzene ring substituents is 1. The Labute approximate surface area is 117 Å². The lowest BCUT2D eigenvalue weighted by molar-refractivity contribution is -0.384. The molecule has 1 aromatic rings. The molecule has 0 fully saturated rings. The number of hydrogen-bond acceptors (Lipinski definition) is 5. The van der Waals surface area contributed by atoms with Crippen molar-refractivity contribution < 1.29 is 14.6 Å². The van der Waals surface area contributed by atoms with E-state index >= 15 is 0 Å². The number of hydroxylamine groups is 1. The maximum Gasteiger partial charge on any atom is 0.269 e. The molecule has 0 aliphatic rings. The monoisotopic (exact) mass is 281 g/mol. The van der Waals surface area contributed by atoms with Gasteiger partial charge >= 0.3 is 0 Å². The van der Waals surface area contributed by atoms with Crippen LogP contribution in [0.5, 0.6) is 0 Å². The molecule has 2 N–H and O–H groups in total. The van der Waals surface area contributed by atoms with Crippen molar-refractivity contribution in [3.63, 3.8) is 0 Å². The summed E-state index contributed by atoms with van der Waals surface area (Å²) >= 11 is 0. The number of non-ortho nitro benzene ring substituents is 1. The SMILES string of the molecule is CC(=O)NCC(ONC(C)C)c1ccc([N+](=O)[O-])cc1. The molecule has 0 aliphatic carbocycles. The third-order valence-electron chi connectivity index (χ3n) is 2.46. The van der Waals surface area contributed by atoms with Crippen LogP contribution in [0, 0.1) is 10.1 Å². The molecule has 20 heavy (non-hydrogen) atoms. The van der Waals surface area contributed by atoms with Gasteiger partial charge in [-0.3, -0.25) is 19.7 Å². The molecule has 1 atom stereocenters. The first-order chi connectivity index (χ1) is 9.40. The smallest absolute Gasteiger partial charge is 0.269 e. The van der Waals surface area contributed by atoms with E-state index in [4.69, 9.17) is 4.84 Å². The molecule has 110 valence electrons. The molecule has 1 unspecified atom stereocenters. The second-order valence-corrected chi connectivity index (χ2v) is 4.66. The van der Waals surface area contributed by atoms with Gasteiger partial charge in [0.05, 0.1) is 4.92 Å². The van der Waals surface area contributed by atoms with E-state index in [1.165, 1.54) is 19.1 Å². The molecule has 0 aliphatic heterocycles. The summed E-state index contributed by atoms with van der Waals surface area (Å²) < 4.78 is 0. The molecule has 0 saturated heterocycles. The number of nitro groups is 1. The Bertz CT molecular complexity index is 459. The minimum atomic E-state index is -0.459. The maximum atomic E-state index is 11.0. The molecule has 0 aromatic heterocycles. The molecule has 0 bridgehead atoms. The summed E-state index contributed by atoms with van der Waals surface area (Å²) in [5.41, 5.74) is 3.59. The van der Waals surface area contributed by atoms with Crippen LogP contribution in [0.1, 0.15) is 32.4 Å². The molecule has 7 nitrogen and oxygen atoms in total. The third-order valence-corrected chi connectivity index (χ3v) is 2.46. The van der Waals surface area contributed by atoms with Crippen LogP contribution in [0.25, 0.3) is 0 Å². The first-order valence-corrected chi connectivity index (χ1v) is 6.30.